The van der Waals surface area contributed by atoms with Gasteiger partial charge in [0.1, 0.15) is 5.82 Å². The highest BCUT2D eigenvalue weighted by atomic mass is 32.1. The maximum atomic E-state index is 13.5. The number of carbonyl (C=O) groups excluding carboxylic acids is 1. The first-order valence-corrected chi connectivity index (χ1v) is 6.98. The Balaban J connectivity index is 2.18. The minimum Gasteiger partial charge on any atom is -0.466 e. The number of aromatic amines is 1. The van der Waals surface area contributed by atoms with Crippen LogP contribution in [0.25, 0.3) is 11.0 Å². The van der Waals surface area contributed by atoms with E-state index in [1.54, 1.807) is 19.9 Å². The van der Waals surface area contributed by atoms with Gasteiger partial charge in [-0.1, -0.05) is 0 Å². The number of nitrogens with one attached hydrogen (secondary N) is 1. The number of imidazole rings is 1. The topological polar surface area (TPSA) is 47.0 Å². The zero-order valence-electron chi connectivity index (χ0n) is 11.5. The largest absolute Gasteiger partial charge is 0.466 e. The minimum absolute atomic E-state index is 0.207. The van der Waals surface area contributed by atoms with Gasteiger partial charge < -0.3 is 14.3 Å². The molecule has 2 aromatic rings. The van der Waals surface area contributed by atoms with Crippen LogP contribution in [0.5, 0.6) is 0 Å². The van der Waals surface area contributed by atoms with Crippen LogP contribution < -0.4 is 0 Å². The molecule has 108 valence electrons. The van der Waals surface area contributed by atoms with Gasteiger partial charge in [-0.3, -0.25) is 4.79 Å². The van der Waals surface area contributed by atoms with Crippen molar-refractivity contribution in [3.8, 4) is 0 Å². The fourth-order valence-electron chi connectivity index (χ4n) is 2.12. The van der Waals surface area contributed by atoms with Crippen molar-refractivity contribution in [2.24, 2.45) is 0 Å². The number of rotatable bonds is 5. The smallest absolute Gasteiger partial charge is 0.305 e. The lowest BCUT2D eigenvalue weighted by Gasteiger charge is -2.05. The summed E-state index contributed by atoms with van der Waals surface area (Å²) in [6.07, 6.45) is 0.985. The summed E-state index contributed by atoms with van der Waals surface area (Å²) in [5.41, 5.74) is 2.11. The van der Waals surface area contributed by atoms with Crippen molar-refractivity contribution >= 4 is 29.2 Å². The highest BCUT2D eigenvalue weighted by Gasteiger charge is 2.09. The fourth-order valence-corrected chi connectivity index (χ4v) is 2.42. The Morgan fingerprint density at radius 2 is 2.25 bits per heavy atom. The van der Waals surface area contributed by atoms with Crippen LogP contribution in [0.15, 0.2) is 12.1 Å². The van der Waals surface area contributed by atoms with Crippen LogP contribution in [-0.4, -0.2) is 22.1 Å². The molecular weight excluding hydrogens is 279 g/mol. The number of ether oxygens (including phenoxy) is 1. The third kappa shape index (κ3) is 3.07. The van der Waals surface area contributed by atoms with Crippen molar-refractivity contribution in [1.82, 2.24) is 9.55 Å². The molecule has 0 atom stereocenters. The molecule has 0 aliphatic rings. The van der Waals surface area contributed by atoms with E-state index in [0.29, 0.717) is 41.8 Å². The molecule has 0 radical (unpaired) electrons. The second kappa shape index (κ2) is 6.17. The lowest BCUT2D eigenvalue weighted by atomic mass is 10.2. The van der Waals surface area contributed by atoms with Crippen LogP contribution in [0.1, 0.15) is 25.3 Å². The van der Waals surface area contributed by atoms with Gasteiger partial charge in [0, 0.05) is 13.0 Å². The summed E-state index contributed by atoms with van der Waals surface area (Å²) >= 11 is 5.24. The van der Waals surface area contributed by atoms with Crippen molar-refractivity contribution in [1.29, 1.82) is 0 Å². The lowest BCUT2D eigenvalue weighted by Crippen LogP contribution is -2.06. The second-order valence-corrected chi connectivity index (χ2v) is 5.00. The Bertz CT molecular complexity index is 690. The minimum atomic E-state index is -0.257. The molecular formula is C14H17FN2O2S. The molecule has 1 N–H and O–H groups in total. The van der Waals surface area contributed by atoms with E-state index in [4.69, 9.17) is 17.0 Å². The molecule has 0 aliphatic carbocycles. The van der Waals surface area contributed by atoms with Gasteiger partial charge >= 0.3 is 5.97 Å². The summed E-state index contributed by atoms with van der Waals surface area (Å²) in [4.78, 5) is 14.3. The molecule has 0 unspecified atom stereocenters. The number of H-pyrrole nitrogens is 1. The predicted octanol–water partition coefficient (Wildman–Crippen LogP) is 3.49. The van der Waals surface area contributed by atoms with Crippen molar-refractivity contribution < 1.29 is 13.9 Å². The van der Waals surface area contributed by atoms with E-state index in [-0.39, 0.29) is 11.8 Å². The summed E-state index contributed by atoms with van der Waals surface area (Å²) < 4.78 is 20.8. The average Bonchev–Trinajstić information content (AvgIpc) is 2.67. The van der Waals surface area contributed by atoms with Gasteiger partial charge in [-0.2, -0.15) is 0 Å². The Labute approximate surface area is 121 Å². The Morgan fingerprint density at radius 1 is 1.50 bits per heavy atom. The summed E-state index contributed by atoms with van der Waals surface area (Å²) in [6, 6.07) is 3.21. The van der Waals surface area contributed by atoms with Gasteiger partial charge in [-0.25, -0.2) is 4.39 Å². The van der Waals surface area contributed by atoms with E-state index in [1.165, 1.54) is 6.07 Å². The number of halogens is 1. The number of carbonyl (C=O) groups is 1. The van der Waals surface area contributed by atoms with Gasteiger partial charge in [0.05, 0.1) is 17.6 Å². The van der Waals surface area contributed by atoms with Crippen molar-refractivity contribution in [2.45, 2.75) is 33.2 Å². The number of aryl methyl sites for hydroxylation is 2. The Hall–Kier alpha value is -1.69. The average molecular weight is 296 g/mol. The number of fused-ring (bicyclic) bond motifs is 1. The van der Waals surface area contributed by atoms with Gasteiger partial charge in [0.25, 0.3) is 0 Å². The summed E-state index contributed by atoms with van der Waals surface area (Å²) in [5.74, 6) is -0.464. The van der Waals surface area contributed by atoms with Crippen molar-refractivity contribution in [3.63, 3.8) is 0 Å². The van der Waals surface area contributed by atoms with E-state index in [2.05, 4.69) is 4.98 Å². The van der Waals surface area contributed by atoms with Gasteiger partial charge in [-0.15, -0.1) is 0 Å². The molecule has 0 spiro atoms. The Kier molecular flexibility index (Phi) is 4.54. The molecule has 4 nitrogen and oxygen atoms in total. The van der Waals surface area contributed by atoms with E-state index in [9.17, 15) is 9.18 Å². The maximum absolute atomic E-state index is 13.5. The van der Waals surface area contributed by atoms with Crippen LogP contribution in [0.4, 0.5) is 4.39 Å². The third-order valence-corrected chi connectivity index (χ3v) is 3.44. The predicted molar refractivity (Wildman–Crippen MR) is 77.7 cm³/mol. The Morgan fingerprint density at radius 3 is 2.95 bits per heavy atom. The van der Waals surface area contributed by atoms with Gasteiger partial charge in [-0.05, 0) is 50.2 Å². The standard InChI is InChI=1S/C14H17FN2O2S/c1-3-19-13(18)5-4-6-17-12-7-9(2)10(15)8-11(12)16-14(17)20/h7-8H,3-6H2,1-2H3,(H,16,20). The number of aromatic nitrogens is 2. The molecule has 6 heteroatoms. The van der Waals surface area contributed by atoms with E-state index < -0.39 is 0 Å². The second-order valence-electron chi connectivity index (χ2n) is 4.61. The molecule has 0 saturated heterocycles. The highest BCUT2D eigenvalue weighted by Crippen LogP contribution is 2.19. The van der Waals surface area contributed by atoms with Gasteiger partial charge in [0.15, 0.2) is 4.77 Å². The van der Waals surface area contributed by atoms with E-state index >= 15 is 0 Å². The van der Waals surface area contributed by atoms with Crippen molar-refractivity contribution in [3.05, 3.63) is 28.3 Å². The van der Waals surface area contributed by atoms with Crippen LogP contribution in [-0.2, 0) is 16.1 Å². The van der Waals surface area contributed by atoms with E-state index in [1.807, 2.05) is 4.57 Å². The van der Waals surface area contributed by atoms with E-state index in [0.717, 1.165) is 5.52 Å². The van der Waals surface area contributed by atoms with Crippen LogP contribution in [0, 0.1) is 17.5 Å². The van der Waals surface area contributed by atoms with Crippen LogP contribution in [0.2, 0.25) is 0 Å². The SMILES string of the molecule is CCOC(=O)CCCn1c(=S)[nH]c2cc(F)c(C)cc21. The molecule has 1 heterocycles. The molecule has 1 aromatic carbocycles. The lowest BCUT2D eigenvalue weighted by molar-refractivity contribution is -0.143. The normalized spacial score (nSPS) is 10.9. The zero-order chi connectivity index (χ0) is 14.7. The number of esters is 1. The molecule has 0 fully saturated rings. The van der Waals surface area contributed by atoms with Gasteiger partial charge in [0.2, 0.25) is 0 Å². The summed E-state index contributed by atoms with van der Waals surface area (Å²) in [5, 5.41) is 0. The number of hydrogen-bond donors (Lipinski definition) is 1. The number of nitrogens with zero attached hydrogens (tertiary/aromatic N) is 1. The first kappa shape index (κ1) is 14.7. The van der Waals surface area contributed by atoms with Crippen molar-refractivity contribution in [2.75, 3.05) is 6.61 Å². The third-order valence-electron chi connectivity index (χ3n) is 3.12. The molecule has 0 bridgehead atoms. The summed E-state index contributed by atoms with van der Waals surface area (Å²) in [6.45, 7) is 4.49. The first-order chi connectivity index (χ1) is 9.52. The monoisotopic (exact) mass is 296 g/mol. The fraction of sp³-hybridized carbons (Fsp3) is 0.429. The zero-order valence-corrected chi connectivity index (χ0v) is 12.3. The van der Waals surface area contributed by atoms with Crippen LogP contribution in [0.3, 0.4) is 0 Å². The first-order valence-electron chi connectivity index (χ1n) is 6.57. The molecule has 0 saturated carbocycles. The quantitative estimate of drug-likeness (QED) is 0.678. The molecule has 0 aliphatic heterocycles. The highest BCUT2D eigenvalue weighted by molar-refractivity contribution is 7.71. The number of benzene rings is 1. The molecule has 0 amide bonds. The summed E-state index contributed by atoms with van der Waals surface area (Å²) in [7, 11) is 0. The molecule has 1 aromatic heterocycles. The maximum Gasteiger partial charge on any atom is 0.305 e. The molecule has 20 heavy (non-hydrogen) atoms. The van der Waals surface area contributed by atoms with Crippen LogP contribution >= 0.6 is 12.2 Å². The molecule has 2 rings (SSSR count). The number of hydrogen-bond acceptors (Lipinski definition) is 3.